The molecule has 1 atom stereocenters. The number of pyridine rings is 1. The lowest BCUT2D eigenvalue weighted by Gasteiger charge is -2.34. The van der Waals surface area contributed by atoms with E-state index in [2.05, 4.69) is 27.9 Å². The SMILES string of the molecule is CC1=CCCN=C1c1cc(N2CCN(S(C)=O)CC2)ncc1Cl. The molecule has 0 N–H and O–H groups in total. The van der Waals surface area contributed by atoms with Crippen molar-refractivity contribution in [1.29, 1.82) is 0 Å². The molecule has 0 radical (unpaired) electrons. The number of anilines is 1. The van der Waals surface area contributed by atoms with Crippen LogP contribution in [-0.4, -0.2) is 58.2 Å². The first-order valence-electron chi connectivity index (χ1n) is 7.77. The number of nitrogens with zero attached hydrogens (tertiary/aromatic N) is 4. The molecule has 3 heterocycles. The van der Waals surface area contributed by atoms with Crippen molar-refractivity contribution >= 4 is 34.1 Å². The molecule has 0 bridgehead atoms. The number of rotatable bonds is 3. The Labute approximate surface area is 144 Å². The zero-order valence-electron chi connectivity index (χ0n) is 13.5. The van der Waals surface area contributed by atoms with Crippen LogP contribution in [0.15, 0.2) is 28.9 Å². The fraction of sp³-hybridized carbons (Fsp3) is 0.500. The molecular weight excluding hydrogens is 332 g/mol. The monoisotopic (exact) mass is 352 g/mol. The van der Waals surface area contributed by atoms with Gasteiger partial charge in [-0.3, -0.25) is 4.99 Å². The number of aromatic nitrogens is 1. The van der Waals surface area contributed by atoms with Crippen LogP contribution in [0.2, 0.25) is 5.02 Å². The Morgan fingerprint density at radius 3 is 2.65 bits per heavy atom. The predicted octanol–water partition coefficient (Wildman–Crippen LogP) is 2.29. The van der Waals surface area contributed by atoms with Gasteiger partial charge in [-0.05, 0) is 25.0 Å². The molecule has 1 unspecified atom stereocenters. The van der Waals surface area contributed by atoms with Crippen LogP contribution in [0, 0.1) is 0 Å². The summed E-state index contributed by atoms with van der Waals surface area (Å²) < 4.78 is 13.5. The van der Waals surface area contributed by atoms with Gasteiger partial charge in [0.25, 0.3) is 0 Å². The van der Waals surface area contributed by atoms with E-state index in [1.807, 2.05) is 10.4 Å². The second-order valence-corrected chi connectivity index (χ2v) is 7.54. The summed E-state index contributed by atoms with van der Waals surface area (Å²) in [5.41, 5.74) is 3.09. The molecular formula is C16H21ClN4OS. The van der Waals surface area contributed by atoms with E-state index in [0.717, 1.165) is 56.2 Å². The van der Waals surface area contributed by atoms with Gasteiger partial charge < -0.3 is 4.90 Å². The number of piperazine rings is 1. The van der Waals surface area contributed by atoms with Crippen LogP contribution >= 0.6 is 11.6 Å². The van der Waals surface area contributed by atoms with E-state index in [9.17, 15) is 4.21 Å². The minimum Gasteiger partial charge on any atom is -0.354 e. The summed E-state index contributed by atoms with van der Waals surface area (Å²) in [5, 5.41) is 0.635. The highest BCUT2D eigenvalue weighted by molar-refractivity contribution is 7.81. The summed E-state index contributed by atoms with van der Waals surface area (Å²) in [5.74, 6) is 0.909. The van der Waals surface area contributed by atoms with E-state index < -0.39 is 11.0 Å². The highest BCUT2D eigenvalue weighted by Gasteiger charge is 2.21. The number of allylic oxidation sites excluding steroid dienone is 1. The van der Waals surface area contributed by atoms with Crippen LogP contribution < -0.4 is 4.90 Å². The van der Waals surface area contributed by atoms with Gasteiger partial charge in [-0.2, -0.15) is 0 Å². The van der Waals surface area contributed by atoms with Crippen LogP contribution in [0.5, 0.6) is 0 Å². The van der Waals surface area contributed by atoms with Gasteiger partial charge in [0.05, 0.1) is 21.7 Å². The van der Waals surface area contributed by atoms with Crippen molar-refractivity contribution in [3.05, 3.63) is 34.5 Å². The molecule has 5 nitrogen and oxygen atoms in total. The van der Waals surface area contributed by atoms with Gasteiger partial charge in [-0.15, -0.1) is 0 Å². The van der Waals surface area contributed by atoms with E-state index in [0.29, 0.717) is 5.02 Å². The smallest absolute Gasteiger partial charge is 0.129 e. The van der Waals surface area contributed by atoms with E-state index in [-0.39, 0.29) is 0 Å². The van der Waals surface area contributed by atoms with Crippen LogP contribution in [0.1, 0.15) is 18.9 Å². The van der Waals surface area contributed by atoms with Crippen LogP contribution in [0.4, 0.5) is 5.82 Å². The summed E-state index contributed by atoms with van der Waals surface area (Å²) in [6.45, 7) is 6.07. The Bertz CT molecular complexity index is 681. The van der Waals surface area contributed by atoms with E-state index in [1.54, 1.807) is 12.5 Å². The molecule has 0 spiro atoms. The average molecular weight is 353 g/mol. The minimum absolute atomic E-state index is 0.635. The number of hydrogen-bond acceptors (Lipinski definition) is 4. The molecule has 7 heteroatoms. The summed E-state index contributed by atoms with van der Waals surface area (Å²) in [7, 11) is -0.901. The third kappa shape index (κ3) is 3.65. The van der Waals surface area contributed by atoms with Crippen molar-refractivity contribution in [2.24, 2.45) is 4.99 Å². The zero-order chi connectivity index (χ0) is 16.4. The molecule has 124 valence electrons. The molecule has 1 fully saturated rings. The molecule has 2 aliphatic rings. The second kappa shape index (κ2) is 7.11. The van der Waals surface area contributed by atoms with Crippen molar-refractivity contribution in [1.82, 2.24) is 9.29 Å². The molecule has 0 aromatic carbocycles. The fourth-order valence-corrected chi connectivity index (χ4v) is 3.80. The Morgan fingerprint density at radius 2 is 2.00 bits per heavy atom. The highest BCUT2D eigenvalue weighted by atomic mass is 35.5. The first-order valence-corrected chi connectivity index (χ1v) is 9.66. The second-order valence-electron chi connectivity index (χ2n) is 5.77. The maximum Gasteiger partial charge on any atom is 0.129 e. The molecule has 1 saturated heterocycles. The summed E-state index contributed by atoms with van der Waals surface area (Å²) in [6, 6.07) is 2.03. The molecule has 1 aromatic heterocycles. The van der Waals surface area contributed by atoms with Crippen LogP contribution in [-0.2, 0) is 11.0 Å². The fourth-order valence-electron chi connectivity index (χ4n) is 2.93. The van der Waals surface area contributed by atoms with E-state index in [1.165, 1.54) is 5.57 Å². The van der Waals surface area contributed by atoms with Crippen molar-refractivity contribution in [3.8, 4) is 0 Å². The van der Waals surface area contributed by atoms with E-state index >= 15 is 0 Å². The standard InChI is InChI=1S/C16H21ClN4OS/c1-12-4-3-5-18-16(12)13-10-15(19-11-14(13)17)20-6-8-21(9-7-20)23(2)22/h4,10-11H,3,5-9H2,1-2H3. The van der Waals surface area contributed by atoms with Crippen molar-refractivity contribution < 1.29 is 4.21 Å². The third-order valence-corrected chi connectivity index (χ3v) is 5.64. The quantitative estimate of drug-likeness (QED) is 0.838. The van der Waals surface area contributed by atoms with Gasteiger partial charge in [0.2, 0.25) is 0 Å². The maximum absolute atomic E-state index is 11.5. The Hall–Kier alpha value is -1.24. The Kier molecular flexibility index (Phi) is 5.14. The zero-order valence-corrected chi connectivity index (χ0v) is 15.0. The maximum atomic E-state index is 11.5. The lowest BCUT2D eigenvalue weighted by molar-refractivity contribution is 0.411. The van der Waals surface area contributed by atoms with E-state index in [4.69, 9.17) is 11.6 Å². The molecule has 0 aliphatic carbocycles. The van der Waals surface area contributed by atoms with Gasteiger partial charge >= 0.3 is 0 Å². The summed E-state index contributed by atoms with van der Waals surface area (Å²) >= 11 is 6.36. The molecule has 3 rings (SSSR count). The first kappa shape index (κ1) is 16.6. The molecule has 23 heavy (non-hydrogen) atoms. The molecule has 2 aliphatic heterocycles. The minimum atomic E-state index is -0.901. The number of hydrogen-bond donors (Lipinski definition) is 0. The first-order chi connectivity index (χ1) is 11.1. The van der Waals surface area contributed by atoms with Gasteiger partial charge in [-0.1, -0.05) is 17.7 Å². The number of halogens is 1. The van der Waals surface area contributed by atoms with Crippen molar-refractivity contribution in [3.63, 3.8) is 0 Å². The van der Waals surface area contributed by atoms with Crippen LogP contribution in [0.25, 0.3) is 0 Å². The lowest BCUT2D eigenvalue weighted by Crippen LogP contribution is -2.47. The number of dihydropyridines is 1. The van der Waals surface area contributed by atoms with Gasteiger partial charge in [0.1, 0.15) is 5.82 Å². The predicted molar refractivity (Wildman–Crippen MR) is 96.9 cm³/mol. The van der Waals surface area contributed by atoms with Crippen LogP contribution in [0.3, 0.4) is 0 Å². The highest BCUT2D eigenvalue weighted by Crippen LogP contribution is 2.26. The summed E-state index contributed by atoms with van der Waals surface area (Å²) in [4.78, 5) is 11.3. The third-order valence-electron chi connectivity index (χ3n) is 4.25. The largest absolute Gasteiger partial charge is 0.354 e. The average Bonchev–Trinajstić information content (AvgIpc) is 2.56. The van der Waals surface area contributed by atoms with Gasteiger partial charge in [0.15, 0.2) is 0 Å². The normalized spacial score (nSPS) is 20.9. The summed E-state index contributed by atoms with van der Waals surface area (Å²) in [6.07, 6.45) is 6.63. The topological polar surface area (TPSA) is 48.8 Å². The molecule has 0 amide bonds. The Morgan fingerprint density at radius 1 is 1.26 bits per heavy atom. The molecule has 0 saturated carbocycles. The molecule has 1 aromatic rings. The van der Waals surface area contributed by atoms with Crippen molar-refractivity contribution in [2.45, 2.75) is 13.3 Å². The number of aliphatic imine (C=N–C) groups is 1. The van der Waals surface area contributed by atoms with Gasteiger partial charge in [-0.25, -0.2) is 13.5 Å². The Balaban J connectivity index is 1.83. The van der Waals surface area contributed by atoms with Crippen molar-refractivity contribution in [2.75, 3.05) is 43.9 Å². The van der Waals surface area contributed by atoms with Gasteiger partial charge in [0, 0.05) is 50.7 Å². The lowest BCUT2D eigenvalue weighted by atomic mass is 10.0.